The van der Waals surface area contributed by atoms with E-state index in [2.05, 4.69) is 15.0 Å². The SMILES string of the molecule is NC(c1nc2nc(C3(C(=O)NCC(F)(F)F)CCC(F)(F)CC3)ccc2[nH]1)C1CCC(F)(F)CC1. The van der Waals surface area contributed by atoms with E-state index in [-0.39, 0.29) is 55.8 Å². The Hall–Kier alpha value is -2.44. The average Bonchev–Trinajstić information content (AvgIpc) is 3.20. The van der Waals surface area contributed by atoms with Crippen LogP contribution >= 0.6 is 0 Å². The van der Waals surface area contributed by atoms with E-state index >= 15 is 0 Å². The number of imidazole rings is 1. The van der Waals surface area contributed by atoms with Crippen LogP contribution in [-0.2, 0) is 10.2 Å². The number of alkyl halides is 7. The van der Waals surface area contributed by atoms with Gasteiger partial charge in [0.15, 0.2) is 5.65 Å². The molecule has 35 heavy (non-hydrogen) atoms. The number of carbonyl (C=O) groups excluding carboxylic acids is 1. The number of nitrogens with zero attached hydrogens (tertiary/aromatic N) is 2. The first-order valence-corrected chi connectivity index (χ1v) is 11.4. The lowest BCUT2D eigenvalue weighted by Crippen LogP contribution is -2.50. The van der Waals surface area contributed by atoms with Gasteiger partial charge < -0.3 is 16.0 Å². The lowest BCUT2D eigenvalue weighted by atomic mass is 9.69. The molecule has 2 heterocycles. The Balaban J connectivity index is 1.61. The lowest BCUT2D eigenvalue weighted by molar-refractivity contribution is -0.145. The third kappa shape index (κ3) is 5.54. The molecule has 1 amide bonds. The zero-order valence-electron chi connectivity index (χ0n) is 18.7. The van der Waals surface area contributed by atoms with Crippen LogP contribution in [0.25, 0.3) is 11.2 Å². The van der Waals surface area contributed by atoms with Gasteiger partial charge in [-0.05, 0) is 43.7 Å². The van der Waals surface area contributed by atoms with Crippen LogP contribution in [0.1, 0.15) is 68.9 Å². The summed E-state index contributed by atoms with van der Waals surface area (Å²) in [6.45, 7) is -1.59. The fraction of sp³-hybridized carbons (Fsp3) is 0.682. The Morgan fingerprint density at radius 1 is 1.03 bits per heavy atom. The number of nitrogens with one attached hydrogen (secondary N) is 2. The molecule has 194 valence electrons. The maximum Gasteiger partial charge on any atom is 0.405 e. The van der Waals surface area contributed by atoms with E-state index in [4.69, 9.17) is 5.73 Å². The minimum atomic E-state index is -4.66. The smallest absolute Gasteiger partial charge is 0.346 e. The summed E-state index contributed by atoms with van der Waals surface area (Å²) in [5, 5.41) is 1.82. The number of nitrogens with two attached hydrogens (primary N) is 1. The predicted octanol–water partition coefficient (Wildman–Crippen LogP) is 4.91. The predicted molar refractivity (Wildman–Crippen MR) is 112 cm³/mol. The Morgan fingerprint density at radius 3 is 2.23 bits per heavy atom. The van der Waals surface area contributed by atoms with Crippen LogP contribution in [0.3, 0.4) is 0 Å². The molecule has 1 atom stereocenters. The third-order valence-corrected chi connectivity index (χ3v) is 7.16. The van der Waals surface area contributed by atoms with Crippen LogP contribution in [0, 0.1) is 5.92 Å². The van der Waals surface area contributed by atoms with Gasteiger partial charge >= 0.3 is 6.18 Å². The number of aromatic amines is 1. The number of pyridine rings is 1. The summed E-state index contributed by atoms with van der Waals surface area (Å²) < 4.78 is 92.8. The van der Waals surface area contributed by atoms with Crippen molar-refractivity contribution in [2.45, 2.75) is 80.8 Å². The zero-order valence-corrected chi connectivity index (χ0v) is 18.7. The number of halogens is 7. The highest BCUT2D eigenvalue weighted by Crippen LogP contribution is 2.46. The number of hydrogen-bond donors (Lipinski definition) is 3. The lowest BCUT2D eigenvalue weighted by Gasteiger charge is -2.38. The number of hydrogen-bond acceptors (Lipinski definition) is 4. The first kappa shape index (κ1) is 25.6. The topological polar surface area (TPSA) is 96.7 Å². The van der Waals surface area contributed by atoms with Crippen molar-refractivity contribution in [3.63, 3.8) is 0 Å². The first-order chi connectivity index (χ1) is 16.2. The molecule has 4 N–H and O–H groups in total. The van der Waals surface area contributed by atoms with Crippen molar-refractivity contribution in [1.29, 1.82) is 0 Å². The molecular formula is C22H26F7N5O. The molecule has 13 heteroatoms. The number of aromatic nitrogens is 3. The maximum absolute atomic E-state index is 13.9. The van der Waals surface area contributed by atoms with Crippen LogP contribution in [-0.4, -0.2) is 45.4 Å². The van der Waals surface area contributed by atoms with Gasteiger partial charge in [0, 0.05) is 25.7 Å². The van der Waals surface area contributed by atoms with Crippen molar-refractivity contribution in [3.8, 4) is 0 Å². The quantitative estimate of drug-likeness (QED) is 0.499. The number of amides is 1. The Kier molecular flexibility index (Phi) is 6.52. The van der Waals surface area contributed by atoms with Gasteiger partial charge in [0.05, 0.1) is 22.7 Å². The van der Waals surface area contributed by atoms with E-state index in [0.29, 0.717) is 11.3 Å². The Bertz CT molecular complexity index is 1060. The molecule has 2 fully saturated rings. The monoisotopic (exact) mass is 509 g/mol. The molecule has 4 rings (SSSR count). The maximum atomic E-state index is 13.9. The van der Waals surface area contributed by atoms with Crippen molar-refractivity contribution in [2.24, 2.45) is 11.7 Å². The minimum Gasteiger partial charge on any atom is -0.346 e. The standard InChI is InChI=1S/C22H26F7N5O/c23-20(24)5-3-12(4-6-20)15(30)17-32-13-1-2-14(33-16(13)34-17)19(7-9-21(25,26)10-8-19)18(35)31-11-22(27,28)29/h1-2,12,15H,3-11,30H2,(H,31,35)(H,32,33,34). The molecule has 0 aromatic carbocycles. The van der Waals surface area contributed by atoms with Gasteiger partial charge in [-0.1, -0.05) is 0 Å². The Labute approximate surface area is 196 Å². The average molecular weight is 509 g/mol. The van der Waals surface area contributed by atoms with E-state index in [1.165, 1.54) is 12.1 Å². The van der Waals surface area contributed by atoms with Gasteiger partial charge in [-0.3, -0.25) is 4.79 Å². The fourth-order valence-electron chi connectivity index (χ4n) is 4.97. The van der Waals surface area contributed by atoms with Gasteiger partial charge in [-0.2, -0.15) is 13.2 Å². The highest BCUT2D eigenvalue weighted by Gasteiger charge is 2.50. The molecule has 2 aromatic rings. The van der Waals surface area contributed by atoms with E-state index in [0.717, 1.165) is 0 Å². The van der Waals surface area contributed by atoms with Crippen LogP contribution in [0.4, 0.5) is 30.7 Å². The van der Waals surface area contributed by atoms with Crippen molar-refractivity contribution in [1.82, 2.24) is 20.3 Å². The van der Waals surface area contributed by atoms with Crippen LogP contribution in [0.15, 0.2) is 12.1 Å². The van der Waals surface area contributed by atoms with Gasteiger partial charge in [0.1, 0.15) is 12.4 Å². The third-order valence-electron chi connectivity index (χ3n) is 7.16. The molecule has 2 aliphatic rings. The molecule has 0 aliphatic heterocycles. The van der Waals surface area contributed by atoms with E-state index < -0.39 is 54.8 Å². The molecule has 0 radical (unpaired) electrons. The van der Waals surface area contributed by atoms with Crippen LogP contribution in [0.5, 0.6) is 0 Å². The highest BCUT2D eigenvalue weighted by atomic mass is 19.4. The van der Waals surface area contributed by atoms with Gasteiger partial charge in [-0.15, -0.1) is 0 Å². The summed E-state index contributed by atoms with van der Waals surface area (Å²) in [5.74, 6) is -6.67. The Morgan fingerprint density at radius 2 is 1.63 bits per heavy atom. The van der Waals surface area contributed by atoms with Crippen molar-refractivity contribution < 1.29 is 35.5 Å². The molecule has 2 aromatic heterocycles. The molecule has 0 saturated heterocycles. The number of rotatable bonds is 5. The minimum absolute atomic E-state index is 0.0455. The second-order valence-electron chi connectivity index (χ2n) is 9.64. The van der Waals surface area contributed by atoms with Gasteiger partial charge in [0.25, 0.3) is 0 Å². The highest BCUT2D eigenvalue weighted by molar-refractivity contribution is 5.88. The van der Waals surface area contributed by atoms with Crippen molar-refractivity contribution in [3.05, 3.63) is 23.7 Å². The van der Waals surface area contributed by atoms with E-state index in [1.807, 2.05) is 5.32 Å². The fourth-order valence-corrected chi connectivity index (χ4v) is 4.97. The normalized spacial score (nSPS) is 23.2. The van der Waals surface area contributed by atoms with Crippen LogP contribution < -0.4 is 11.1 Å². The summed E-state index contributed by atoms with van der Waals surface area (Å²) in [7, 11) is 0. The number of fused-ring (bicyclic) bond motifs is 1. The second-order valence-corrected chi connectivity index (χ2v) is 9.64. The molecule has 2 aliphatic carbocycles. The van der Waals surface area contributed by atoms with Crippen LogP contribution in [0.2, 0.25) is 0 Å². The second kappa shape index (κ2) is 8.90. The van der Waals surface area contributed by atoms with E-state index in [1.54, 1.807) is 0 Å². The molecule has 0 bridgehead atoms. The van der Waals surface area contributed by atoms with Gasteiger partial charge in [0.2, 0.25) is 17.8 Å². The molecule has 6 nitrogen and oxygen atoms in total. The summed E-state index contributed by atoms with van der Waals surface area (Å²) >= 11 is 0. The summed E-state index contributed by atoms with van der Waals surface area (Å²) in [6, 6.07) is 2.26. The van der Waals surface area contributed by atoms with Gasteiger partial charge in [-0.25, -0.2) is 27.5 Å². The molecule has 0 spiro atoms. The number of carbonyl (C=O) groups is 1. The van der Waals surface area contributed by atoms with E-state index in [9.17, 15) is 35.5 Å². The molecule has 1 unspecified atom stereocenters. The largest absolute Gasteiger partial charge is 0.405 e. The molecule has 2 saturated carbocycles. The summed E-state index contributed by atoms with van der Waals surface area (Å²) in [4.78, 5) is 24.6. The van der Waals surface area contributed by atoms with Crippen molar-refractivity contribution in [2.75, 3.05) is 6.54 Å². The van der Waals surface area contributed by atoms with Crippen molar-refractivity contribution >= 4 is 17.1 Å². The summed E-state index contributed by atoms with van der Waals surface area (Å²) in [6.07, 6.45) is -6.86. The zero-order chi connectivity index (χ0) is 25.6. The molecular weight excluding hydrogens is 483 g/mol. The first-order valence-electron chi connectivity index (χ1n) is 11.4. The number of H-pyrrole nitrogens is 1. The summed E-state index contributed by atoms with van der Waals surface area (Å²) in [5.41, 5.74) is 5.19.